The fourth-order valence-electron chi connectivity index (χ4n) is 1.82. The van der Waals surface area contributed by atoms with Crippen molar-refractivity contribution in [1.82, 2.24) is 0 Å². The molecule has 0 fully saturated rings. The van der Waals surface area contributed by atoms with E-state index >= 15 is 0 Å². The van der Waals surface area contributed by atoms with E-state index < -0.39 is 0 Å². The second-order valence-electron chi connectivity index (χ2n) is 4.05. The second-order valence-corrected chi connectivity index (χ2v) is 4.46. The number of nitrogens with one attached hydrogen (secondary N) is 1. The third kappa shape index (κ3) is 2.11. The number of halogens is 1. The molecule has 1 N–H and O–H groups in total. The summed E-state index contributed by atoms with van der Waals surface area (Å²) in [7, 11) is 0. The van der Waals surface area contributed by atoms with Crippen LogP contribution in [0.4, 0.5) is 5.69 Å². The van der Waals surface area contributed by atoms with Gasteiger partial charge in [0.25, 0.3) is 0 Å². The molecule has 0 radical (unpaired) electrons. The lowest BCUT2D eigenvalue weighted by atomic mass is 10.2. The Morgan fingerprint density at radius 3 is 2.72 bits per heavy atom. The summed E-state index contributed by atoms with van der Waals surface area (Å²) in [5.74, 6) is 3.14. The molecule has 0 saturated carbocycles. The number of hydrogen-bond donors (Lipinski definition) is 1. The highest BCUT2D eigenvalue weighted by atomic mass is 35.5. The molecule has 0 spiro atoms. The van der Waals surface area contributed by atoms with E-state index in [0.717, 1.165) is 17.2 Å². The third-order valence-corrected chi connectivity index (χ3v) is 3.02. The molecule has 3 rings (SSSR count). The maximum atomic E-state index is 6.15. The van der Waals surface area contributed by atoms with Crippen LogP contribution in [0.2, 0.25) is 5.02 Å². The summed E-state index contributed by atoms with van der Waals surface area (Å²) in [6.07, 6.45) is 0. The minimum Gasteiger partial charge on any atom is -0.465 e. The molecule has 5 heteroatoms. The zero-order valence-electron chi connectivity index (χ0n) is 9.83. The van der Waals surface area contributed by atoms with Crippen molar-refractivity contribution in [3.63, 3.8) is 0 Å². The minimum atomic E-state index is 0.243. The first-order valence-corrected chi connectivity index (χ1v) is 5.98. The fourth-order valence-corrected chi connectivity index (χ4v) is 2.04. The molecule has 0 saturated heterocycles. The predicted octanol–water partition coefficient (Wildman–Crippen LogP) is 3.58. The number of fused-ring (bicyclic) bond motifs is 1. The SMILES string of the molecule is Cc1ccc(CNc2cc3c(cc2Cl)OCO3)o1. The fraction of sp³-hybridized carbons (Fsp3) is 0.231. The lowest BCUT2D eigenvalue weighted by Gasteiger charge is -2.08. The molecule has 0 bridgehead atoms. The van der Waals surface area contributed by atoms with Crippen LogP contribution in [0, 0.1) is 6.92 Å². The Hall–Kier alpha value is -1.81. The topological polar surface area (TPSA) is 43.6 Å². The summed E-state index contributed by atoms with van der Waals surface area (Å²) in [4.78, 5) is 0. The van der Waals surface area contributed by atoms with Crippen LogP contribution < -0.4 is 14.8 Å². The Kier molecular flexibility index (Phi) is 2.80. The Labute approximate surface area is 109 Å². The quantitative estimate of drug-likeness (QED) is 0.921. The van der Waals surface area contributed by atoms with E-state index in [0.29, 0.717) is 23.1 Å². The molecule has 18 heavy (non-hydrogen) atoms. The number of rotatable bonds is 3. The van der Waals surface area contributed by atoms with E-state index in [-0.39, 0.29) is 6.79 Å². The van der Waals surface area contributed by atoms with Crippen molar-refractivity contribution < 1.29 is 13.9 Å². The van der Waals surface area contributed by atoms with Gasteiger partial charge in [0.15, 0.2) is 11.5 Å². The van der Waals surface area contributed by atoms with Gasteiger partial charge in [-0.1, -0.05) is 11.6 Å². The summed E-state index contributed by atoms with van der Waals surface area (Å²) in [6.45, 7) is 2.73. The molecule has 2 heterocycles. The first-order valence-electron chi connectivity index (χ1n) is 5.61. The maximum absolute atomic E-state index is 6.15. The molecular weight excluding hydrogens is 254 g/mol. The lowest BCUT2D eigenvalue weighted by Crippen LogP contribution is -1.98. The zero-order valence-corrected chi connectivity index (χ0v) is 10.6. The molecule has 1 aliphatic rings. The van der Waals surface area contributed by atoms with Gasteiger partial charge in [0.05, 0.1) is 17.3 Å². The Bertz CT molecular complexity index is 580. The highest BCUT2D eigenvalue weighted by Crippen LogP contribution is 2.39. The van der Waals surface area contributed by atoms with Crippen molar-refractivity contribution in [2.24, 2.45) is 0 Å². The van der Waals surface area contributed by atoms with Crippen LogP contribution in [0.5, 0.6) is 11.5 Å². The van der Waals surface area contributed by atoms with E-state index in [1.165, 1.54) is 0 Å². The summed E-state index contributed by atoms with van der Waals surface area (Å²) in [5.41, 5.74) is 0.801. The number of anilines is 1. The van der Waals surface area contributed by atoms with Gasteiger partial charge < -0.3 is 19.2 Å². The van der Waals surface area contributed by atoms with Crippen molar-refractivity contribution in [3.8, 4) is 11.5 Å². The summed E-state index contributed by atoms with van der Waals surface area (Å²) in [5, 5.41) is 3.81. The molecular formula is C13H12ClNO3. The number of furan rings is 1. The van der Waals surface area contributed by atoms with Crippen molar-refractivity contribution in [2.75, 3.05) is 12.1 Å². The number of hydrogen-bond acceptors (Lipinski definition) is 4. The number of benzene rings is 1. The molecule has 4 nitrogen and oxygen atoms in total. The molecule has 94 valence electrons. The monoisotopic (exact) mass is 265 g/mol. The van der Waals surface area contributed by atoms with E-state index in [1.54, 1.807) is 6.07 Å². The van der Waals surface area contributed by atoms with Gasteiger partial charge in [-0.25, -0.2) is 0 Å². The highest BCUT2D eigenvalue weighted by molar-refractivity contribution is 6.33. The second kappa shape index (κ2) is 4.46. The van der Waals surface area contributed by atoms with Gasteiger partial charge in [0.2, 0.25) is 6.79 Å². The van der Waals surface area contributed by atoms with Crippen molar-refractivity contribution in [1.29, 1.82) is 0 Å². The molecule has 0 atom stereocenters. The van der Waals surface area contributed by atoms with Gasteiger partial charge in [-0.05, 0) is 19.1 Å². The Balaban J connectivity index is 1.76. The van der Waals surface area contributed by atoms with Gasteiger partial charge in [-0.3, -0.25) is 0 Å². The van der Waals surface area contributed by atoms with Gasteiger partial charge >= 0.3 is 0 Å². The Morgan fingerprint density at radius 2 is 2.00 bits per heavy atom. The standard InChI is InChI=1S/C13H12ClNO3/c1-8-2-3-9(18-8)6-15-11-5-13-12(4-10(11)14)16-7-17-13/h2-5,15H,6-7H2,1H3. The summed E-state index contributed by atoms with van der Waals surface area (Å²) < 4.78 is 16.0. The lowest BCUT2D eigenvalue weighted by molar-refractivity contribution is 0.174. The number of ether oxygens (including phenoxy) is 2. The predicted molar refractivity (Wildman–Crippen MR) is 68.3 cm³/mol. The van der Waals surface area contributed by atoms with E-state index in [9.17, 15) is 0 Å². The molecule has 1 aromatic heterocycles. The first kappa shape index (κ1) is 11.3. The first-order chi connectivity index (χ1) is 8.72. The van der Waals surface area contributed by atoms with Crippen molar-refractivity contribution in [2.45, 2.75) is 13.5 Å². The average molecular weight is 266 g/mol. The van der Waals surface area contributed by atoms with Crippen LogP contribution in [0.1, 0.15) is 11.5 Å². The van der Waals surface area contributed by atoms with Crippen LogP contribution >= 0.6 is 11.6 Å². The summed E-state index contributed by atoms with van der Waals surface area (Å²) in [6, 6.07) is 7.45. The van der Waals surface area contributed by atoms with Gasteiger partial charge in [-0.2, -0.15) is 0 Å². The Morgan fingerprint density at radius 1 is 1.22 bits per heavy atom. The molecule has 0 amide bonds. The summed E-state index contributed by atoms with van der Waals surface area (Å²) >= 11 is 6.15. The van der Waals surface area contributed by atoms with Gasteiger partial charge in [0, 0.05) is 12.1 Å². The number of aryl methyl sites for hydroxylation is 1. The van der Waals surface area contributed by atoms with Crippen LogP contribution in [-0.2, 0) is 6.54 Å². The van der Waals surface area contributed by atoms with E-state index in [2.05, 4.69) is 5.32 Å². The third-order valence-electron chi connectivity index (χ3n) is 2.71. The smallest absolute Gasteiger partial charge is 0.231 e. The molecule has 1 aromatic carbocycles. The van der Waals surface area contributed by atoms with Crippen molar-refractivity contribution in [3.05, 3.63) is 40.8 Å². The maximum Gasteiger partial charge on any atom is 0.231 e. The molecule has 1 aliphatic heterocycles. The van der Waals surface area contributed by atoms with Crippen molar-refractivity contribution >= 4 is 17.3 Å². The van der Waals surface area contributed by atoms with Crippen LogP contribution in [0.3, 0.4) is 0 Å². The van der Waals surface area contributed by atoms with Gasteiger partial charge in [0.1, 0.15) is 11.5 Å². The molecule has 0 unspecified atom stereocenters. The molecule has 0 aliphatic carbocycles. The van der Waals surface area contributed by atoms with E-state index in [1.807, 2.05) is 25.1 Å². The van der Waals surface area contributed by atoms with Gasteiger partial charge in [-0.15, -0.1) is 0 Å². The minimum absolute atomic E-state index is 0.243. The normalized spacial score (nSPS) is 12.8. The average Bonchev–Trinajstić information content (AvgIpc) is 2.94. The van der Waals surface area contributed by atoms with Crippen LogP contribution in [-0.4, -0.2) is 6.79 Å². The largest absolute Gasteiger partial charge is 0.465 e. The zero-order chi connectivity index (χ0) is 12.5. The van der Waals surface area contributed by atoms with E-state index in [4.69, 9.17) is 25.5 Å². The highest BCUT2D eigenvalue weighted by Gasteiger charge is 2.16. The van der Waals surface area contributed by atoms with Crippen LogP contribution in [0.15, 0.2) is 28.7 Å². The molecule has 2 aromatic rings. The van der Waals surface area contributed by atoms with Crippen LogP contribution in [0.25, 0.3) is 0 Å².